The van der Waals surface area contributed by atoms with E-state index in [2.05, 4.69) is 10.2 Å². The molecule has 362 valence electrons. The number of morpholine rings is 1. The number of hydrogen-bond donors (Lipinski definition) is 2. The van der Waals surface area contributed by atoms with E-state index in [0.29, 0.717) is 94.2 Å². The van der Waals surface area contributed by atoms with Gasteiger partial charge in [0, 0.05) is 65.7 Å². The van der Waals surface area contributed by atoms with Gasteiger partial charge in [0.2, 0.25) is 0 Å². The van der Waals surface area contributed by atoms with Crippen LogP contribution in [0.15, 0.2) is 136 Å². The minimum absolute atomic E-state index is 0.0746. The molecule has 12 nitrogen and oxygen atoms in total. The van der Waals surface area contributed by atoms with E-state index in [9.17, 15) is 39.6 Å². The van der Waals surface area contributed by atoms with Gasteiger partial charge < -0.3 is 19.7 Å². The van der Waals surface area contributed by atoms with Crippen LogP contribution in [0.4, 0.5) is 24.5 Å². The highest BCUT2D eigenvalue weighted by Gasteiger charge is 2.49. The summed E-state index contributed by atoms with van der Waals surface area (Å²) in [5, 5.41) is 3.59. The van der Waals surface area contributed by atoms with Crippen LogP contribution in [-0.4, -0.2) is 103 Å². The number of rotatable bonds is 18. The Morgan fingerprint density at radius 2 is 1.51 bits per heavy atom. The Balaban J connectivity index is 1.05. The molecular formula is C49H52ClF3N4O8S3. The van der Waals surface area contributed by atoms with Crippen molar-refractivity contribution in [2.75, 3.05) is 68.5 Å². The van der Waals surface area contributed by atoms with Crippen LogP contribution in [0, 0.1) is 5.41 Å². The number of carbonyl (C=O) groups excluding carboxylic acids is 2. The second-order valence-electron chi connectivity index (χ2n) is 16.6. The first-order chi connectivity index (χ1) is 32.5. The van der Waals surface area contributed by atoms with Gasteiger partial charge in [-0.15, -0.1) is 11.8 Å². The Labute approximate surface area is 404 Å². The summed E-state index contributed by atoms with van der Waals surface area (Å²) in [5.41, 5.74) is -3.43. The predicted molar refractivity (Wildman–Crippen MR) is 258 cm³/mol. The van der Waals surface area contributed by atoms with Gasteiger partial charge in [-0.1, -0.05) is 66.2 Å². The Kier molecular flexibility index (Phi) is 16.5. The van der Waals surface area contributed by atoms with Crippen molar-refractivity contribution in [3.05, 3.63) is 137 Å². The minimum atomic E-state index is -6.09. The van der Waals surface area contributed by atoms with Crippen LogP contribution in [0.5, 0.6) is 0 Å². The molecule has 2 heterocycles. The number of sulfonamides is 1. The molecule has 19 heteroatoms. The number of benzene rings is 5. The van der Waals surface area contributed by atoms with Gasteiger partial charge in [0.05, 0.1) is 35.8 Å². The smallest absolute Gasteiger partial charge is 0.466 e. The molecular weight excluding hydrogens is 961 g/mol. The number of thioether (sulfide) groups is 1. The Bertz CT molecular complexity index is 2750. The molecule has 5 aromatic rings. The van der Waals surface area contributed by atoms with Crippen LogP contribution in [0.25, 0.3) is 11.1 Å². The third-order valence-electron chi connectivity index (χ3n) is 12.2. The summed E-state index contributed by atoms with van der Waals surface area (Å²) in [6, 6.07) is 32.6. The van der Waals surface area contributed by atoms with Gasteiger partial charge >= 0.3 is 11.5 Å². The van der Waals surface area contributed by atoms with Crippen molar-refractivity contribution in [2.24, 2.45) is 5.41 Å². The fraction of sp³-hybridized carbons (Fsp3) is 0.347. The largest absolute Gasteiger partial charge is 0.501 e. The van der Waals surface area contributed by atoms with Gasteiger partial charge in [-0.05, 0) is 116 Å². The SMILES string of the molecule is CCOC(=O)C1(Cc2ccccc2-c2ccc(Cl)cc2)CCN(c2ccc(C(=O)NS(=O)(=O)c3ccc(N[C@H](CCN4CCOCC4)CSc4ccccc4)c(S(=O)(=O)C(F)(F)F)c3)cc2)CC1. The van der Waals surface area contributed by atoms with Crippen LogP contribution in [-0.2, 0) is 40.5 Å². The van der Waals surface area contributed by atoms with Gasteiger partial charge in [-0.3, -0.25) is 14.5 Å². The highest BCUT2D eigenvalue weighted by Crippen LogP contribution is 2.41. The molecule has 68 heavy (non-hydrogen) atoms. The van der Waals surface area contributed by atoms with Gasteiger partial charge in [0.15, 0.2) is 0 Å². The second-order valence-corrected chi connectivity index (χ2v) is 21.7. The average molecular weight is 1010 g/mol. The number of anilines is 2. The molecule has 2 N–H and O–H groups in total. The van der Waals surface area contributed by atoms with Crippen LogP contribution in [0.2, 0.25) is 5.02 Å². The zero-order valence-electron chi connectivity index (χ0n) is 37.2. The molecule has 2 aliphatic rings. The molecule has 0 spiro atoms. The van der Waals surface area contributed by atoms with Crippen molar-refractivity contribution in [3.63, 3.8) is 0 Å². The number of carbonyl (C=O) groups is 2. The van der Waals surface area contributed by atoms with Gasteiger partial charge in [0.25, 0.3) is 25.8 Å². The molecule has 0 aliphatic carbocycles. The van der Waals surface area contributed by atoms with Gasteiger partial charge in [0.1, 0.15) is 4.90 Å². The van der Waals surface area contributed by atoms with Crippen molar-refractivity contribution in [2.45, 2.75) is 58.8 Å². The number of hydrogen-bond acceptors (Lipinski definition) is 12. The monoisotopic (exact) mass is 1010 g/mol. The normalized spacial score (nSPS) is 16.2. The number of sulfone groups is 1. The predicted octanol–water partition coefficient (Wildman–Crippen LogP) is 9.11. The maximum atomic E-state index is 14.2. The maximum absolute atomic E-state index is 14.2. The summed E-state index contributed by atoms with van der Waals surface area (Å²) in [5.74, 6) is -1.02. The molecule has 0 radical (unpaired) electrons. The molecule has 0 saturated carbocycles. The number of amides is 1. The number of ether oxygens (including phenoxy) is 2. The molecule has 2 aliphatic heterocycles. The first kappa shape index (κ1) is 50.8. The molecule has 1 atom stereocenters. The summed E-state index contributed by atoms with van der Waals surface area (Å²) < 4.78 is 109. The van der Waals surface area contributed by atoms with Gasteiger partial charge in [-0.25, -0.2) is 21.6 Å². The average Bonchev–Trinajstić information content (AvgIpc) is 3.33. The molecule has 0 aromatic heterocycles. The molecule has 0 bridgehead atoms. The molecule has 5 aromatic carbocycles. The van der Waals surface area contributed by atoms with E-state index in [1.807, 2.05) is 88.5 Å². The number of alkyl halides is 3. The third kappa shape index (κ3) is 12.4. The zero-order chi connectivity index (χ0) is 48.5. The number of nitrogens with one attached hydrogen (secondary N) is 2. The third-order valence-corrected chi connectivity index (χ3v) is 16.4. The fourth-order valence-corrected chi connectivity index (χ4v) is 11.5. The lowest BCUT2D eigenvalue weighted by molar-refractivity contribution is -0.156. The zero-order valence-corrected chi connectivity index (χ0v) is 40.4. The lowest BCUT2D eigenvalue weighted by Crippen LogP contribution is -2.46. The standard InChI is InChI=1S/C49H52ClF3N4O8S3/c1-2-65-47(59)48(33-37-8-6-7-11-43(37)35-12-16-38(50)17-13-35)23-26-57(27-24-48)40-18-14-36(15-19-40)46(58)55-68(62,63)42-20-21-44(45(32-42)67(60,61)49(51,52)53)54-39(22-25-56-28-30-64-31-29-56)34-66-41-9-4-3-5-10-41/h3-21,32,39,54H,2,22-31,33-34H2,1H3,(H,55,58)/t39-/m1/s1. The second kappa shape index (κ2) is 22.1. The number of nitrogens with zero attached hydrogens (tertiary/aromatic N) is 2. The summed E-state index contributed by atoms with van der Waals surface area (Å²) >= 11 is 7.59. The van der Waals surface area contributed by atoms with E-state index < -0.39 is 58.2 Å². The first-order valence-corrected chi connectivity index (χ1v) is 26.4. The van der Waals surface area contributed by atoms with E-state index in [1.54, 1.807) is 19.1 Å². The summed E-state index contributed by atoms with van der Waals surface area (Å²) in [7, 11) is -11.0. The highest BCUT2D eigenvalue weighted by atomic mass is 35.5. The quantitative estimate of drug-likeness (QED) is 0.0637. The maximum Gasteiger partial charge on any atom is 0.501 e. The molecule has 7 rings (SSSR count). The molecule has 0 unspecified atom stereocenters. The summed E-state index contributed by atoms with van der Waals surface area (Å²) in [6.07, 6.45) is 1.79. The Morgan fingerprint density at radius 3 is 2.18 bits per heavy atom. The van der Waals surface area contributed by atoms with E-state index in [-0.39, 0.29) is 18.1 Å². The fourth-order valence-electron chi connectivity index (χ4n) is 8.37. The topological polar surface area (TPSA) is 151 Å². The number of esters is 1. The van der Waals surface area contributed by atoms with Crippen LogP contribution >= 0.6 is 23.4 Å². The van der Waals surface area contributed by atoms with E-state index in [0.717, 1.165) is 33.7 Å². The lowest BCUT2D eigenvalue weighted by atomic mass is 9.72. The molecule has 2 fully saturated rings. The highest BCUT2D eigenvalue weighted by molar-refractivity contribution is 7.99. The van der Waals surface area contributed by atoms with Gasteiger partial charge in [-0.2, -0.15) is 13.2 Å². The van der Waals surface area contributed by atoms with E-state index >= 15 is 0 Å². The van der Waals surface area contributed by atoms with Crippen molar-refractivity contribution in [1.29, 1.82) is 0 Å². The van der Waals surface area contributed by atoms with Crippen molar-refractivity contribution in [3.8, 4) is 11.1 Å². The van der Waals surface area contributed by atoms with Crippen LogP contribution in [0.3, 0.4) is 0 Å². The Hall–Kier alpha value is -5.11. The summed E-state index contributed by atoms with van der Waals surface area (Å²) in [6.45, 7) is 5.88. The summed E-state index contributed by atoms with van der Waals surface area (Å²) in [4.78, 5) is 30.0. The molecule has 1 amide bonds. The van der Waals surface area contributed by atoms with Crippen LogP contribution < -0.4 is 14.9 Å². The van der Waals surface area contributed by atoms with Crippen molar-refractivity contribution in [1.82, 2.24) is 9.62 Å². The first-order valence-electron chi connectivity index (χ1n) is 22.1. The Morgan fingerprint density at radius 1 is 0.853 bits per heavy atom. The van der Waals surface area contributed by atoms with Crippen LogP contribution in [0.1, 0.15) is 42.1 Å². The molecule has 2 saturated heterocycles. The van der Waals surface area contributed by atoms with Crippen molar-refractivity contribution < 1.29 is 49.1 Å². The minimum Gasteiger partial charge on any atom is -0.466 e. The number of halogens is 4. The van der Waals surface area contributed by atoms with E-state index in [4.69, 9.17) is 21.1 Å². The van der Waals surface area contributed by atoms with Crippen molar-refractivity contribution >= 4 is 66.5 Å². The lowest BCUT2D eigenvalue weighted by Gasteiger charge is -2.41. The number of piperidine rings is 1. The van der Waals surface area contributed by atoms with E-state index in [1.165, 1.54) is 23.9 Å².